The van der Waals surface area contributed by atoms with Crippen molar-refractivity contribution in [3.8, 4) is 40.2 Å². The summed E-state index contributed by atoms with van der Waals surface area (Å²) < 4.78 is 39.7. The highest BCUT2D eigenvalue weighted by Crippen LogP contribution is 2.39. The number of hydrogen-bond donors (Lipinski definition) is 2. The van der Waals surface area contributed by atoms with E-state index in [1.54, 1.807) is 47.7 Å². The van der Waals surface area contributed by atoms with Gasteiger partial charge >= 0.3 is 0 Å². The lowest BCUT2D eigenvalue weighted by atomic mass is 10.1. The molecule has 0 bridgehead atoms. The molecular formula is C41H47ClN2O8. The minimum Gasteiger partial charge on any atom is -0.493 e. The van der Waals surface area contributed by atoms with E-state index in [1.165, 1.54) is 0 Å². The van der Waals surface area contributed by atoms with Gasteiger partial charge < -0.3 is 43.8 Å². The Morgan fingerprint density at radius 1 is 0.577 bits per heavy atom. The molecule has 0 aliphatic carbocycles. The molecule has 5 rings (SSSR count). The number of carbonyl (C=O) groups is 1. The van der Waals surface area contributed by atoms with Gasteiger partial charge in [0.2, 0.25) is 5.75 Å². The summed E-state index contributed by atoms with van der Waals surface area (Å²) >= 11 is 6.06. The van der Waals surface area contributed by atoms with E-state index in [0.717, 1.165) is 60.9 Å². The average molecular weight is 731 g/mol. The first kappa shape index (κ1) is 38.0. The second-order valence-corrected chi connectivity index (χ2v) is 12.6. The molecular weight excluding hydrogens is 684 g/mol. The number of hydrogen-bond acceptors (Lipinski definition) is 9. The second kappa shape index (κ2) is 18.9. The zero-order valence-electron chi connectivity index (χ0n) is 30.4. The molecule has 4 aromatic carbocycles. The number of benzene rings is 4. The van der Waals surface area contributed by atoms with E-state index < -0.39 is 6.17 Å². The van der Waals surface area contributed by atoms with Gasteiger partial charge in [-0.15, -0.1) is 0 Å². The molecule has 2 N–H and O–H groups in total. The highest BCUT2D eigenvalue weighted by molar-refractivity contribution is 6.31. The Kier molecular flexibility index (Phi) is 13.8. The van der Waals surface area contributed by atoms with Crippen molar-refractivity contribution in [1.82, 2.24) is 5.32 Å². The average Bonchev–Trinajstić information content (AvgIpc) is 3.17. The predicted molar refractivity (Wildman–Crippen MR) is 205 cm³/mol. The summed E-state index contributed by atoms with van der Waals surface area (Å²) in [5, 5.41) is 6.84. The van der Waals surface area contributed by atoms with Crippen molar-refractivity contribution >= 4 is 35.3 Å². The molecule has 0 saturated heterocycles. The first-order chi connectivity index (χ1) is 25.4. The van der Waals surface area contributed by atoms with Crippen LogP contribution in [-0.4, -0.2) is 54.7 Å². The molecule has 1 atom stereocenters. The summed E-state index contributed by atoms with van der Waals surface area (Å²) in [6.07, 6.45) is 9.86. The Morgan fingerprint density at radius 2 is 1.17 bits per heavy atom. The van der Waals surface area contributed by atoms with Crippen LogP contribution in [0.4, 0.5) is 5.69 Å². The number of unbranched alkanes of at least 4 members (excludes halogenated alkanes) is 5. The van der Waals surface area contributed by atoms with Gasteiger partial charge in [-0.1, -0.05) is 61.6 Å². The third kappa shape index (κ3) is 9.76. The molecule has 4 aromatic rings. The maximum absolute atomic E-state index is 12.7. The molecule has 0 radical (unpaired) electrons. The fraction of sp³-hybridized carbons (Fsp3) is 0.341. The number of rotatable bonds is 19. The third-order valence-corrected chi connectivity index (χ3v) is 8.95. The lowest BCUT2D eigenvalue weighted by Gasteiger charge is -2.28. The number of nitrogens with one attached hydrogen (secondary N) is 2. The van der Waals surface area contributed by atoms with E-state index in [0.29, 0.717) is 64.0 Å². The normalized spacial score (nSPS) is 13.5. The summed E-state index contributed by atoms with van der Waals surface area (Å²) in [6, 6.07) is 20.6. The molecule has 0 fully saturated rings. The van der Waals surface area contributed by atoms with Crippen LogP contribution < -0.4 is 43.8 Å². The quantitative estimate of drug-likeness (QED) is 0.0722. The van der Waals surface area contributed by atoms with E-state index in [9.17, 15) is 4.79 Å². The van der Waals surface area contributed by atoms with Crippen LogP contribution in [-0.2, 0) is 0 Å². The molecule has 1 aliphatic heterocycles. The van der Waals surface area contributed by atoms with Crippen LogP contribution in [0.2, 0.25) is 5.02 Å². The van der Waals surface area contributed by atoms with E-state index in [2.05, 4.69) is 10.6 Å². The van der Waals surface area contributed by atoms with Crippen molar-refractivity contribution in [3.63, 3.8) is 0 Å². The number of halogens is 1. The Morgan fingerprint density at radius 3 is 1.83 bits per heavy atom. The topological polar surface area (TPSA) is 106 Å². The van der Waals surface area contributed by atoms with Gasteiger partial charge in [-0.25, -0.2) is 0 Å². The largest absolute Gasteiger partial charge is 0.493 e. The molecule has 0 saturated carbocycles. The van der Waals surface area contributed by atoms with Crippen LogP contribution in [0.3, 0.4) is 0 Å². The Balaban J connectivity index is 1.01. The Bertz CT molecular complexity index is 1820. The summed E-state index contributed by atoms with van der Waals surface area (Å²) in [4.78, 5) is 12.7. The van der Waals surface area contributed by atoms with Gasteiger partial charge in [-0.3, -0.25) is 4.79 Å². The molecule has 10 nitrogen and oxygen atoms in total. The van der Waals surface area contributed by atoms with Crippen molar-refractivity contribution in [2.45, 2.75) is 44.7 Å². The number of anilines is 1. The van der Waals surface area contributed by atoms with Crippen LogP contribution in [0.15, 0.2) is 66.7 Å². The molecule has 11 heteroatoms. The van der Waals surface area contributed by atoms with Crippen molar-refractivity contribution in [2.24, 2.45) is 0 Å². The number of carbonyl (C=O) groups excluding carboxylic acids is 1. The van der Waals surface area contributed by atoms with Gasteiger partial charge in [0.25, 0.3) is 5.91 Å². The van der Waals surface area contributed by atoms with Gasteiger partial charge in [0, 0.05) is 10.7 Å². The fourth-order valence-corrected chi connectivity index (χ4v) is 6.13. The van der Waals surface area contributed by atoms with E-state index in [-0.39, 0.29) is 5.91 Å². The number of methoxy groups -OCH3 is 5. The predicted octanol–water partition coefficient (Wildman–Crippen LogP) is 9.21. The first-order valence-electron chi connectivity index (χ1n) is 17.3. The standard InChI is InChI=1S/C41H47ClN2O8/c1-46-33-18-14-27(12-13-28-23-37(48-3)39(50-5)38(24-28)49-4)22-36(33)52-21-11-9-7-6-8-10-20-51-34-19-15-29(25-35(34)47-2)40-43-32-17-16-30(42)26-31(32)41(45)44-40/h12-19,22-26,40,43H,6-11,20-21H2,1-5H3,(H,44,45). The number of fused-ring (bicyclic) bond motifs is 1. The van der Waals surface area contributed by atoms with Crippen LogP contribution in [0, 0.1) is 0 Å². The highest BCUT2D eigenvalue weighted by Gasteiger charge is 2.25. The van der Waals surface area contributed by atoms with Gasteiger partial charge in [0.15, 0.2) is 34.5 Å². The van der Waals surface area contributed by atoms with Crippen molar-refractivity contribution in [3.05, 3.63) is 94.0 Å². The van der Waals surface area contributed by atoms with Crippen molar-refractivity contribution < 1.29 is 38.0 Å². The third-order valence-electron chi connectivity index (χ3n) is 8.72. The molecule has 1 aliphatic rings. The van der Waals surface area contributed by atoms with Crippen LogP contribution >= 0.6 is 11.6 Å². The zero-order chi connectivity index (χ0) is 36.9. The first-order valence-corrected chi connectivity index (χ1v) is 17.7. The lowest BCUT2D eigenvalue weighted by molar-refractivity contribution is 0.0935. The van der Waals surface area contributed by atoms with Gasteiger partial charge in [0.05, 0.1) is 54.3 Å². The van der Waals surface area contributed by atoms with Gasteiger partial charge in [-0.05, 0) is 84.1 Å². The number of ether oxygens (including phenoxy) is 7. The summed E-state index contributed by atoms with van der Waals surface area (Å²) in [6.45, 7) is 1.20. The van der Waals surface area contributed by atoms with Gasteiger partial charge in [0.1, 0.15) is 6.17 Å². The summed E-state index contributed by atoms with van der Waals surface area (Å²) in [5.41, 5.74) is 4.00. The fourth-order valence-electron chi connectivity index (χ4n) is 5.96. The van der Waals surface area contributed by atoms with Crippen molar-refractivity contribution in [2.75, 3.05) is 54.1 Å². The monoisotopic (exact) mass is 730 g/mol. The molecule has 52 heavy (non-hydrogen) atoms. The summed E-state index contributed by atoms with van der Waals surface area (Å²) in [5.74, 6) is 4.28. The zero-order valence-corrected chi connectivity index (χ0v) is 31.1. The SMILES string of the molecule is COc1cc(C2NC(=O)c3cc(Cl)ccc3N2)ccc1OCCCCCCCCOc1cc(C=Cc2cc(OC)c(OC)c(OC)c2)ccc1OC. The molecule has 1 amide bonds. The maximum atomic E-state index is 12.7. The minimum absolute atomic E-state index is 0.183. The lowest BCUT2D eigenvalue weighted by Crippen LogP contribution is -2.38. The molecule has 276 valence electrons. The highest BCUT2D eigenvalue weighted by atomic mass is 35.5. The summed E-state index contributed by atoms with van der Waals surface area (Å²) in [7, 11) is 8.05. The minimum atomic E-state index is -0.398. The van der Waals surface area contributed by atoms with E-state index in [4.69, 9.17) is 44.8 Å². The van der Waals surface area contributed by atoms with Crippen molar-refractivity contribution in [1.29, 1.82) is 0 Å². The molecule has 1 unspecified atom stereocenters. The Labute approximate surface area is 310 Å². The van der Waals surface area contributed by atoms with Crippen LogP contribution in [0.1, 0.15) is 71.7 Å². The molecule has 0 spiro atoms. The van der Waals surface area contributed by atoms with E-state index in [1.807, 2.05) is 66.7 Å². The van der Waals surface area contributed by atoms with Crippen LogP contribution in [0.5, 0.6) is 40.2 Å². The smallest absolute Gasteiger partial charge is 0.255 e. The van der Waals surface area contributed by atoms with E-state index >= 15 is 0 Å². The van der Waals surface area contributed by atoms with Crippen LogP contribution in [0.25, 0.3) is 12.2 Å². The number of amides is 1. The maximum Gasteiger partial charge on any atom is 0.255 e. The Hall–Kier alpha value is -5.22. The molecule has 1 heterocycles. The molecule has 0 aromatic heterocycles. The second-order valence-electron chi connectivity index (χ2n) is 12.2. The van der Waals surface area contributed by atoms with Gasteiger partial charge in [-0.2, -0.15) is 0 Å².